The summed E-state index contributed by atoms with van der Waals surface area (Å²) in [5.74, 6) is 0.719. The van der Waals surface area contributed by atoms with Crippen molar-refractivity contribution in [2.75, 3.05) is 13.1 Å². The van der Waals surface area contributed by atoms with E-state index >= 15 is 0 Å². The van der Waals surface area contributed by atoms with Gasteiger partial charge in [-0.3, -0.25) is 0 Å². The summed E-state index contributed by atoms with van der Waals surface area (Å²) in [6.07, 6.45) is 6.97. The maximum atomic E-state index is 3.58. The molecule has 0 spiro atoms. The average molecular weight is 264 g/mol. The Morgan fingerprint density at radius 3 is 3.00 bits per heavy atom. The molecule has 1 fully saturated rings. The minimum Gasteiger partial charge on any atom is -0.316 e. The maximum Gasteiger partial charge on any atom is 0.00324 e. The van der Waals surface area contributed by atoms with Crippen LogP contribution < -0.4 is 5.32 Å². The molecule has 0 amide bonds. The summed E-state index contributed by atoms with van der Waals surface area (Å²) in [6, 6.07) is 6.82. The molecule has 3 rings (SSSR count). The fourth-order valence-corrected chi connectivity index (χ4v) is 3.60. The van der Waals surface area contributed by atoms with Crippen molar-refractivity contribution in [3.8, 4) is 0 Å². The first-order chi connectivity index (χ1) is 8.24. The lowest BCUT2D eigenvalue weighted by atomic mass is 9.66. The van der Waals surface area contributed by atoms with Gasteiger partial charge in [-0.25, -0.2) is 0 Å². The van der Waals surface area contributed by atoms with Crippen molar-refractivity contribution >= 4 is 18.5 Å². The molecular weight excluding hydrogens is 242 g/mol. The predicted octanol–water partition coefficient (Wildman–Crippen LogP) is 3.78. The smallest absolute Gasteiger partial charge is 0.00324 e. The molecular formula is C16H22ClN. The monoisotopic (exact) mass is 263 g/mol. The number of rotatable bonds is 1. The van der Waals surface area contributed by atoms with E-state index in [1.807, 2.05) is 0 Å². The Hall–Kier alpha value is -0.790. The second-order valence-corrected chi connectivity index (χ2v) is 5.75. The molecule has 0 aromatic heterocycles. The van der Waals surface area contributed by atoms with Crippen LogP contribution in [0.3, 0.4) is 0 Å². The number of halogens is 1. The van der Waals surface area contributed by atoms with Crippen LogP contribution in [0.15, 0.2) is 24.3 Å². The van der Waals surface area contributed by atoms with E-state index in [0.717, 1.165) is 12.5 Å². The van der Waals surface area contributed by atoms with Crippen molar-refractivity contribution in [3.05, 3.63) is 41.0 Å². The van der Waals surface area contributed by atoms with Crippen LogP contribution >= 0.6 is 12.4 Å². The van der Waals surface area contributed by atoms with Crippen molar-refractivity contribution < 1.29 is 0 Å². The van der Waals surface area contributed by atoms with Crippen molar-refractivity contribution in [3.63, 3.8) is 0 Å². The van der Waals surface area contributed by atoms with Gasteiger partial charge in [-0.15, -0.1) is 12.4 Å². The molecule has 18 heavy (non-hydrogen) atoms. The van der Waals surface area contributed by atoms with Crippen LogP contribution in [0, 0.1) is 5.41 Å². The first-order valence-electron chi connectivity index (χ1n) is 6.70. The zero-order valence-corrected chi connectivity index (χ0v) is 12.0. The molecule has 1 aliphatic heterocycles. The second-order valence-electron chi connectivity index (χ2n) is 5.75. The van der Waals surface area contributed by atoms with Crippen LogP contribution in [-0.2, 0) is 6.42 Å². The first kappa shape index (κ1) is 13.6. The van der Waals surface area contributed by atoms with Crippen LogP contribution in [-0.4, -0.2) is 13.1 Å². The molecule has 1 heterocycles. The van der Waals surface area contributed by atoms with Crippen molar-refractivity contribution in [1.29, 1.82) is 0 Å². The summed E-state index contributed by atoms with van der Waals surface area (Å²) < 4.78 is 0. The number of hydrogen-bond acceptors (Lipinski definition) is 1. The van der Waals surface area contributed by atoms with Crippen LogP contribution in [0.2, 0.25) is 0 Å². The molecule has 0 saturated carbocycles. The Labute approximate surface area is 116 Å². The van der Waals surface area contributed by atoms with E-state index in [2.05, 4.69) is 49.5 Å². The van der Waals surface area contributed by atoms with E-state index in [-0.39, 0.29) is 12.4 Å². The quantitative estimate of drug-likeness (QED) is 0.813. The molecule has 98 valence electrons. The summed E-state index contributed by atoms with van der Waals surface area (Å²) in [7, 11) is 0. The molecule has 1 saturated heterocycles. The average Bonchev–Trinajstić information content (AvgIpc) is 2.72. The Bertz CT molecular complexity index is 466. The SMILES string of the molecule is C/C=C\c1cccc2c1CC[C@]1(C)CNC[C@@H]21.Cl. The molecule has 1 aliphatic carbocycles. The molecule has 0 radical (unpaired) electrons. The number of hydrogen-bond donors (Lipinski definition) is 1. The van der Waals surface area contributed by atoms with Gasteiger partial charge in [0.25, 0.3) is 0 Å². The van der Waals surface area contributed by atoms with Gasteiger partial charge in [0, 0.05) is 19.0 Å². The number of benzene rings is 1. The fourth-order valence-electron chi connectivity index (χ4n) is 3.60. The lowest BCUT2D eigenvalue weighted by molar-refractivity contribution is 0.277. The van der Waals surface area contributed by atoms with Crippen molar-refractivity contribution in [2.45, 2.75) is 32.6 Å². The lowest BCUT2D eigenvalue weighted by Crippen LogP contribution is -2.30. The Kier molecular flexibility index (Phi) is 3.84. The summed E-state index contributed by atoms with van der Waals surface area (Å²) in [4.78, 5) is 0. The van der Waals surface area contributed by atoms with E-state index in [1.54, 1.807) is 11.1 Å². The Balaban J connectivity index is 0.00000120. The van der Waals surface area contributed by atoms with E-state index in [9.17, 15) is 0 Å². The Morgan fingerprint density at radius 2 is 2.22 bits per heavy atom. The molecule has 1 N–H and O–H groups in total. The normalized spacial score (nSPS) is 29.8. The highest BCUT2D eigenvalue weighted by atomic mass is 35.5. The summed E-state index contributed by atoms with van der Waals surface area (Å²) in [6.45, 7) is 6.89. The molecule has 0 unspecified atom stereocenters. The van der Waals surface area contributed by atoms with Crippen LogP contribution in [0.1, 0.15) is 42.9 Å². The minimum absolute atomic E-state index is 0. The van der Waals surface area contributed by atoms with Crippen molar-refractivity contribution in [1.82, 2.24) is 5.32 Å². The molecule has 2 heteroatoms. The van der Waals surface area contributed by atoms with Gasteiger partial charge >= 0.3 is 0 Å². The van der Waals surface area contributed by atoms with Gasteiger partial charge in [0.2, 0.25) is 0 Å². The van der Waals surface area contributed by atoms with Crippen molar-refractivity contribution in [2.24, 2.45) is 5.41 Å². The van der Waals surface area contributed by atoms with Gasteiger partial charge in [0.05, 0.1) is 0 Å². The predicted molar refractivity (Wildman–Crippen MR) is 80.4 cm³/mol. The van der Waals surface area contributed by atoms with Crippen LogP contribution in [0.25, 0.3) is 6.08 Å². The summed E-state index contributed by atoms with van der Waals surface area (Å²) in [5, 5.41) is 3.58. The van der Waals surface area contributed by atoms with Crippen LogP contribution in [0.4, 0.5) is 0 Å². The molecule has 0 bridgehead atoms. The standard InChI is InChI=1S/C16H21N.ClH/c1-3-5-12-6-4-7-14-13(12)8-9-16(2)11-17-10-15(14)16;/h3-7,15,17H,8-11H2,1-2H3;1H/b5-3-;/t15-,16+;/m0./s1. The molecule has 2 aliphatic rings. The zero-order chi connectivity index (χ0) is 11.9. The molecule has 1 aromatic carbocycles. The minimum atomic E-state index is 0. The number of nitrogens with one attached hydrogen (secondary N) is 1. The highest BCUT2D eigenvalue weighted by Crippen LogP contribution is 2.48. The van der Waals surface area contributed by atoms with Gasteiger partial charge in [0.1, 0.15) is 0 Å². The third-order valence-corrected chi connectivity index (χ3v) is 4.63. The van der Waals surface area contributed by atoms with Gasteiger partial charge < -0.3 is 5.32 Å². The first-order valence-corrected chi connectivity index (χ1v) is 6.70. The summed E-state index contributed by atoms with van der Waals surface area (Å²) in [5.41, 5.74) is 5.11. The third-order valence-electron chi connectivity index (χ3n) is 4.63. The maximum absolute atomic E-state index is 3.58. The summed E-state index contributed by atoms with van der Waals surface area (Å²) >= 11 is 0. The number of fused-ring (bicyclic) bond motifs is 3. The van der Waals surface area contributed by atoms with Gasteiger partial charge in [-0.05, 0) is 41.9 Å². The van der Waals surface area contributed by atoms with E-state index in [1.165, 1.54) is 24.9 Å². The van der Waals surface area contributed by atoms with Gasteiger partial charge in [0.15, 0.2) is 0 Å². The van der Waals surface area contributed by atoms with E-state index in [4.69, 9.17) is 0 Å². The largest absolute Gasteiger partial charge is 0.316 e. The number of allylic oxidation sites excluding steroid dienone is 1. The lowest BCUT2D eigenvalue weighted by Gasteiger charge is -2.37. The molecule has 1 nitrogen and oxygen atoms in total. The molecule has 1 aromatic rings. The van der Waals surface area contributed by atoms with Gasteiger partial charge in [-0.2, -0.15) is 0 Å². The highest BCUT2D eigenvalue weighted by molar-refractivity contribution is 5.85. The second kappa shape index (κ2) is 5.07. The highest BCUT2D eigenvalue weighted by Gasteiger charge is 2.43. The molecule has 2 atom stereocenters. The van der Waals surface area contributed by atoms with Gasteiger partial charge in [-0.1, -0.05) is 37.3 Å². The zero-order valence-electron chi connectivity index (χ0n) is 11.2. The topological polar surface area (TPSA) is 12.0 Å². The fraction of sp³-hybridized carbons (Fsp3) is 0.500. The third kappa shape index (κ3) is 2.00. The van der Waals surface area contributed by atoms with Crippen LogP contribution in [0.5, 0.6) is 0 Å². The Morgan fingerprint density at radius 1 is 1.39 bits per heavy atom. The van der Waals surface area contributed by atoms with E-state index < -0.39 is 0 Å². The van der Waals surface area contributed by atoms with E-state index in [0.29, 0.717) is 5.41 Å².